The Morgan fingerprint density at radius 2 is 1.59 bits per heavy atom. The van der Waals surface area contributed by atoms with Gasteiger partial charge in [-0.25, -0.2) is 0 Å². The van der Waals surface area contributed by atoms with Gasteiger partial charge >= 0.3 is 0 Å². The quantitative estimate of drug-likeness (QED) is 0.689. The van der Waals surface area contributed by atoms with Crippen molar-refractivity contribution in [3.63, 3.8) is 0 Å². The molecule has 0 aliphatic heterocycles. The summed E-state index contributed by atoms with van der Waals surface area (Å²) < 4.78 is 15.8. The van der Waals surface area contributed by atoms with Gasteiger partial charge in [0.2, 0.25) is 0 Å². The van der Waals surface area contributed by atoms with Crippen LogP contribution in [0, 0.1) is 0 Å². The molecule has 0 atom stereocenters. The molecule has 17 heavy (non-hydrogen) atoms. The first-order chi connectivity index (χ1) is 8.26. The van der Waals surface area contributed by atoms with Crippen molar-refractivity contribution in [2.45, 2.75) is 6.54 Å². The second-order valence-electron chi connectivity index (χ2n) is 3.48. The Bertz CT molecular complexity index is 356. The van der Waals surface area contributed by atoms with Crippen molar-refractivity contribution < 1.29 is 14.2 Å². The first-order valence-electron chi connectivity index (χ1n) is 5.46. The van der Waals surface area contributed by atoms with Crippen LogP contribution >= 0.6 is 0 Å². The molecule has 0 fully saturated rings. The summed E-state index contributed by atoms with van der Waals surface area (Å²) in [5.74, 6) is 2.12. The van der Waals surface area contributed by atoms with E-state index in [1.807, 2.05) is 12.1 Å². The summed E-state index contributed by atoms with van der Waals surface area (Å²) in [6.45, 7) is 2.05. The molecule has 0 aliphatic rings. The fourth-order valence-corrected chi connectivity index (χ4v) is 1.56. The first-order valence-corrected chi connectivity index (χ1v) is 5.46. The first kappa shape index (κ1) is 13.6. The Balaban J connectivity index is 2.93. The van der Waals surface area contributed by atoms with E-state index in [2.05, 4.69) is 5.32 Å². The van der Waals surface area contributed by atoms with Gasteiger partial charge in [0.25, 0.3) is 0 Å². The zero-order valence-corrected chi connectivity index (χ0v) is 10.6. The predicted octanol–water partition coefficient (Wildman–Crippen LogP) is 0.761. The average molecular weight is 240 g/mol. The van der Waals surface area contributed by atoms with E-state index in [4.69, 9.17) is 19.9 Å². The van der Waals surface area contributed by atoms with Crippen LogP contribution in [0.2, 0.25) is 0 Å². The lowest BCUT2D eigenvalue weighted by atomic mass is 10.1. The summed E-state index contributed by atoms with van der Waals surface area (Å²) >= 11 is 0. The van der Waals surface area contributed by atoms with E-state index in [9.17, 15) is 0 Å². The molecule has 3 N–H and O–H groups in total. The maximum atomic E-state index is 5.43. The van der Waals surface area contributed by atoms with Crippen molar-refractivity contribution in [1.29, 1.82) is 0 Å². The lowest BCUT2D eigenvalue weighted by Crippen LogP contribution is -2.22. The van der Waals surface area contributed by atoms with Gasteiger partial charge in [0, 0.05) is 31.3 Å². The third kappa shape index (κ3) is 3.51. The number of rotatable bonds is 7. The van der Waals surface area contributed by atoms with Crippen LogP contribution < -0.4 is 25.3 Å². The van der Waals surface area contributed by atoms with Gasteiger partial charge in [-0.2, -0.15) is 0 Å². The summed E-state index contributed by atoms with van der Waals surface area (Å²) in [5.41, 5.74) is 6.44. The van der Waals surface area contributed by atoms with E-state index < -0.39 is 0 Å². The summed E-state index contributed by atoms with van der Waals surface area (Å²) in [5, 5.41) is 3.21. The molecule has 5 heteroatoms. The SMILES string of the molecule is COc1cc(OC)c(OC)cc1CNCCN. The third-order valence-corrected chi connectivity index (χ3v) is 2.42. The standard InChI is InChI=1S/C12H20N2O3/c1-15-10-7-12(17-3)11(16-2)6-9(10)8-14-5-4-13/h6-7,14H,4-5,8,13H2,1-3H3. The normalized spacial score (nSPS) is 10.1. The van der Waals surface area contributed by atoms with Crippen LogP contribution in [0.1, 0.15) is 5.56 Å². The van der Waals surface area contributed by atoms with Crippen molar-refractivity contribution in [1.82, 2.24) is 5.32 Å². The Morgan fingerprint density at radius 3 is 2.12 bits per heavy atom. The smallest absolute Gasteiger partial charge is 0.164 e. The number of hydrogen-bond donors (Lipinski definition) is 2. The number of ether oxygens (including phenoxy) is 3. The van der Waals surface area contributed by atoms with Crippen molar-refractivity contribution in [3.8, 4) is 17.2 Å². The number of nitrogens with two attached hydrogens (primary N) is 1. The number of methoxy groups -OCH3 is 3. The highest BCUT2D eigenvalue weighted by Gasteiger charge is 2.11. The van der Waals surface area contributed by atoms with Gasteiger partial charge in [0.05, 0.1) is 21.3 Å². The maximum Gasteiger partial charge on any atom is 0.164 e. The molecule has 1 rings (SSSR count). The molecule has 0 unspecified atom stereocenters. The molecule has 96 valence electrons. The van der Waals surface area contributed by atoms with Gasteiger partial charge in [0.1, 0.15) is 5.75 Å². The van der Waals surface area contributed by atoms with E-state index in [1.54, 1.807) is 21.3 Å². The van der Waals surface area contributed by atoms with E-state index in [0.717, 1.165) is 17.9 Å². The monoisotopic (exact) mass is 240 g/mol. The van der Waals surface area contributed by atoms with Crippen LogP contribution in [0.3, 0.4) is 0 Å². The molecule has 0 aliphatic carbocycles. The van der Waals surface area contributed by atoms with Crippen LogP contribution in [0.15, 0.2) is 12.1 Å². The molecule has 0 aromatic heterocycles. The zero-order chi connectivity index (χ0) is 12.7. The Hall–Kier alpha value is -1.46. The molecule has 0 spiro atoms. The lowest BCUT2D eigenvalue weighted by Gasteiger charge is -2.14. The second kappa shape index (κ2) is 6.98. The molecule has 1 aromatic rings. The van der Waals surface area contributed by atoms with E-state index >= 15 is 0 Å². The molecular weight excluding hydrogens is 220 g/mol. The Kier molecular flexibility index (Phi) is 5.59. The maximum absolute atomic E-state index is 5.43. The fourth-order valence-electron chi connectivity index (χ4n) is 1.56. The van der Waals surface area contributed by atoms with Crippen LogP contribution in [0.5, 0.6) is 17.2 Å². The Morgan fingerprint density at radius 1 is 1.00 bits per heavy atom. The van der Waals surface area contributed by atoms with Crippen molar-refractivity contribution >= 4 is 0 Å². The van der Waals surface area contributed by atoms with Gasteiger partial charge in [-0.15, -0.1) is 0 Å². The molecule has 0 bridgehead atoms. The minimum absolute atomic E-state index is 0.607. The van der Waals surface area contributed by atoms with Crippen LogP contribution in [0.4, 0.5) is 0 Å². The average Bonchev–Trinajstić information content (AvgIpc) is 2.38. The predicted molar refractivity (Wildman–Crippen MR) is 66.9 cm³/mol. The molecule has 5 nitrogen and oxygen atoms in total. The highest BCUT2D eigenvalue weighted by Crippen LogP contribution is 2.34. The highest BCUT2D eigenvalue weighted by atomic mass is 16.5. The van der Waals surface area contributed by atoms with Gasteiger partial charge < -0.3 is 25.3 Å². The van der Waals surface area contributed by atoms with Gasteiger partial charge in [0.15, 0.2) is 11.5 Å². The molecule has 0 amide bonds. The minimum Gasteiger partial charge on any atom is -0.496 e. The van der Waals surface area contributed by atoms with Crippen LogP contribution in [-0.2, 0) is 6.54 Å². The molecular formula is C12H20N2O3. The third-order valence-electron chi connectivity index (χ3n) is 2.42. The molecule has 0 heterocycles. The van der Waals surface area contributed by atoms with Gasteiger partial charge in [-0.3, -0.25) is 0 Å². The summed E-state index contributed by atoms with van der Waals surface area (Å²) in [4.78, 5) is 0. The van der Waals surface area contributed by atoms with E-state index in [0.29, 0.717) is 24.6 Å². The highest BCUT2D eigenvalue weighted by molar-refractivity contribution is 5.50. The molecule has 1 aromatic carbocycles. The Labute approximate surface area is 102 Å². The van der Waals surface area contributed by atoms with E-state index in [1.165, 1.54) is 0 Å². The molecule has 0 saturated carbocycles. The van der Waals surface area contributed by atoms with Gasteiger partial charge in [-0.05, 0) is 6.07 Å². The van der Waals surface area contributed by atoms with Gasteiger partial charge in [-0.1, -0.05) is 0 Å². The largest absolute Gasteiger partial charge is 0.496 e. The van der Waals surface area contributed by atoms with Crippen molar-refractivity contribution in [2.75, 3.05) is 34.4 Å². The number of benzene rings is 1. The topological polar surface area (TPSA) is 65.7 Å². The minimum atomic E-state index is 0.607. The second-order valence-corrected chi connectivity index (χ2v) is 3.48. The summed E-state index contributed by atoms with van der Waals surface area (Å²) in [6.07, 6.45) is 0. The molecule has 0 saturated heterocycles. The number of hydrogen-bond acceptors (Lipinski definition) is 5. The van der Waals surface area contributed by atoms with Crippen molar-refractivity contribution in [3.05, 3.63) is 17.7 Å². The van der Waals surface area contributed by atoms with Crippen molar-refractivity contribution in [2.24, 2.45) is 5.73 Å². The zero-order valence-electron chi connectivity index (χ0n) is 10.6. The number of nitrogens with one attached hydrogen (secondary N) is 1. The van der Waals surface area contributed by atoms with E-state index in [-0.39, 0.29) is 0 Å². The molecule has 0 radical (unpaired) electrons. The lowest BCUT2D eigenvalue weighted by molar-refractivity contribution is 0.347. The summed E-state index contributed by atoms with van der Waals surface area (Å²) in [7, 11) is 4.85. The van der Waals surface area contributed by atoms with Crippen LogP contribution in [0.25, 0.3) is 0 Å². The fraction of sp³-hybridized carbons (Fsp3) is 0.500. The summed E-state index contributed by atoms with van der Waals surface area (Å²) in [6, 6.07) is 3.72. The van der Waals surface area contributed by atoms with Crippen LogP contribution in [-0.4, -0.2) is 34.4 Å².